The molecule has 0 aromatic heterocycles. The Morgan fingerprint density at radius 2 is 1.73 bits per heavy atom. The fourth-order valence-electron chi connectivity index (χ4n) is 2.92. The van der Waals surface area contributed by atoms with E-state index >= 15 is 0 Å². The summed E-state index contributed by atoms with van der Waals surface area (Å²) in [5.41, 5.74) is 2.85. The number of aryl methyl sites for hydroxylation is 1. The number of hydrogen-bond acceptors (Lipinski definition) is 3. The molecule has 1 aliphatic heterocycles. The second kappa shape index (κ2) is 9.29. The van der Waals surface area contributed by atoms with Crippen LogP contribution in [0.15, 0.2) is 24.3 Å². The number of rotatable bonds is 8. The van der Waals surface area contributed by atoms with Crippen molar-refractivity contribution in [3.63, 3.8) is 0 Å². The number of nitrogens with one attached hydrogen (secondary N) is 1. The van der Waals surface area contributed by atoms with Crippen molar-refractivity contribution in [2.24, 2.45) is 5.92 Å². The summed E-state index contributed by atoms with van der Waals surface area (Å²) in [6.45, 7) is 12.9. The average molecular weight is 304 g/mol. The van der Waals surface area contributed by atoms with E-state index in [1.54, 1.807) is 0 Å². The van der Waals surface area contributed by atoms with Gasteiger partial charge in [0.2, 0.25) is 0 Å². The predicted molar refractivity (Wildman–Crippen MR) is 93.4 cm³/mol. The predicted octanol–water partition coefficient (Wildman–Crippen LogP) is 2.74. The van der Waals surface area contributed by atoms with E-state index in [0.29, 0.717) is 12.0 Å². The lowest BCUT2D eigenvalue weighted by molar-refractivity contribution is 0.0310. The van der Waals surface area contributed by atoms with Crippen LogP contribution < -0.4 is 5.32 Å². The molecule has 0 radical (unpaired) electrons. The number of hydrogen-bond donors (Lipinski definition) is 1. The van der Waals surface area contributed by atoms with Gasteiger partial charge in [-0.1, -0.05) is 45.0 Å². The van der Waals surface area contributed by atoms with Crippen LogP contribution in [0.2, 0.25) is 0 Å². The molecular weight excluding hydrogens is 272 g/mol. The highest BCUT2D eigenvalue weighted by atomic mass is 16.5. The van der Waals surface area contributed by atoms with Gasteiger partial charge in [0.1, 0.15) is 0 Å². The van der Waals surface area contributed by atoms with Crippen LogP contribution in [0.3, 0.4) is 0 Å². The van der Waals surface area contributed by atoms with Crippen LogP contribution in [0.4, 0.5) is 0 Å². The maximum absolute atomic E-state index is 5.44. The summed E-state index contributed by atoms with van der Waals surface area (Å²) in [6, 6.07) is 9.61. The van der Waals surface area contributed by atoms with Crippen molar-refractivity contribution in [2.45, 2.75) is 39.7 Å². The Bertz CT molecular complexity index is 410. The molecule has 0 aliphatic carbocycles. The first-order chi connectivity index (χ1) is 10.7. The lowest BCUT2D eigenvalue weighted by atomic mass is 10.0. The third-order valence-corrected chi connectivity index (χ3v) is 4.61. The van der Waals surface area contributed by atoms with Crippen LogP contribution >= 0.6 is 0 Å². The summed E-state index contributed by atoms with van der Waals surface area (Å²) in [5, 5.41) is 3.76. The van der Waals surface area contributed by atoms with E-state index < -0.39 is 0 Å². The molecule has 1 N–H and O–H groups in total. The molecule has 1 aliphatic rings. The first kappa shape index (κ1) is 17.5. The second-order valence-electron chi connectivity index (χ2n) is 6.64. The van der Waals surface area contributed by atoms with Crippen molar-refractivity contribution in [2.75, 3.05) is 39.4 Å². The normalized spacial score (nSPS) is 17.8. The summed E-state index contributed by atoms with van der Waals surface area (Å²) in [5.74, 6) is 0.658. The Hall–Kier alpha value is -0.900. The molecule has 1 atom stereocenters. The molecule has 0 spiro atoms. The van der Waals surface area contributed by atoms with E-state index in [2.05, 4.69) is 55.3 Å². The maximum Gasteiger partial charge on any atom is 0.0594 e. The summed E-state index contributed by atoms with van der Waals surface area (Å²) >= 11 is 0. The summed E-state index contributed by atoms with van der Waals surface area (Å²) in [6.07, 6.45) is 2.23. The molecule has 1 fully saturated rings. The monoisotopic (exact) mass is 304 g/mol. The molecule has 3 nitrogen and oxygen atoms in total. The third kappa shape index (κ3) is 5.71. The zero-order valence-electron chi connectivity index (χ0n) is 14.5. The molecule has 1 saturated heterocycles. The van der Waals surface area contributed by atoms with Crippen LogP contribution in [-0.4, -0.2) is 50.3 Å². The van der Waals surface area contributed by atoms with Crippen molar-refractivity contribution < 1.29 is 4.74 Å². The SMILES string of the molecule is CCc1ccc(CCN[C@H](CN2CCOCC2)C(C)C)cc1. The fraction of sp³-hybridized carbons (Fsp3) is 0.684. The molecule has 2 rings (SSSR count). The molecule has 1 aromatic rings. The highest BCUT2D eigenvalue weighted by Crippen LogP contribution is 2.08. The smallest absolute Gasteiger partial charge is 0.0594 e. The van der Waals surface area contributed by atoms with Crippen LogP contribution in [0.25, 0.3) is 0 Å². The van der Waals surface area contributed by atoms with Crippen molar-refractivity contribution in [1.82, 2.24) is 10.2 Å². The molecule has 1 aromatic carbocycles. The Balaban J connectivity index is 1.75. The minimum absolute atomic E-state index is 0.563. The summed E-state index contributed by atoms with van der Waals surface area (Å²) < 4.78 is 5.44. The largest absolute Gasteiger partial charge is 0.379 e. The van der Waals surface area contributed by atoms with Crippen molar-refractivity contribution >= 4 is 0 Å². The molecule has 22 heavy (non-hydrogen) atoms. The molecule has 0 amide bonds. The van der Waals surface area contributed by atoms with Gasteiger partial charge in [0.15, 0.2) is 0 Å². The van der Waals surface area contributed by atoms with E-state index in [1.165, 1.54) is 11.1 Å². The Labute approximate surface area is 136 Å². The Morgan fingerprint density at radius 1 is 1.09 bits per heavy atom. The Morgan fingerprint density at radius 3 is 2.32 bits per heavy atom. The van der Waals surface area contributed by atoms with Gasteiger partial charge >= 0.3 is 0 Å². The van der Waals surface area contributed by atoms with Crippen molar-refractivity contribution in [1.29, 1.82) is 0 Å². The van der Waals surface area contributed by atoms with Crippen molar-refractivity contribution in [3.05, 3.63) is 35.4 Å². The van der Waals surface area contributed by atoms with E-state index in [9.17, 15) is 0 Å². The quantitative estimate of drug-likeness (QED) is 0.799. The van der Waals surface area contributed by atoms with E-state index in [4.69, 9.17) is 4.74 Å². The van der Waals surface area contributed by atoms with Gasteiger partial charge in [0, 0.05) is 25.7 Å². The minimum atomic E-state index is 0.563. The molecule has 1 heterocycles. The number of benzene rings is 1. The number of nitrogens with zero attached hydrogens (tertiary/aromatic N) is 1. The lowest BCUT2D eigenvalue weighted by Crippen LogP contribution is -2.48. The number of morpholine rings is 1. The highest BCUT2D eigenvalue weighted by Gasteiger charge is 2.18. The van der Waals surface area contributed by atoms with E-state index in [-0.39, 0.29) is 0 Å². The van der Waals surface area contributed by atoms with Gasteiger partial charge in [-0.3, -0.25) is 4.90 Å². The number of ether oxygens (including phenoxy) is 1. The van der Waals surface area contributed by atoms with Gasteiger partial charge in [-0.05, 0) is 36.4 Å². The molecule has 3 heteroatoms. The van der Waals surface area contributed by atoms with Gasteiger partial charge in [-0.2, -0.15) is 0 Å². The zero-order chi connectivity index (χ0) is 15.8. The zero-order valence-corrected chi connectivity index (χ0v) is 14.5. The second-order valence-corrected chi connectivity index (χ2v) is 6.64. The standard InChI is InChI=1S/C19H32N2O/c1-4-17-5-7-18(8-6-17)9-10-20-19(16(2)3)15-21-11-13-22-14-12-21/h5-8,16,19-20H,4,9-15H2,1-3H3/t19-/m1/s1. The van der Waals surface area contributed by atoms with Gasteiger partial charge < -0.3 is 10.1 Å². The van der Waals surface area contributed by atoms with E-state index in [1.807, 2.05) is 0 Å². The first-order valence-electron chi connectivity index (χ1n) is 8.80. The molecule has 0 bridgehead atoms. The summed E-state index contributed by atoms with van der Waals surface area (Å²) in [7, 11) is 0. The topological polar surface area (TPSA) is 24.5 Å². The van der Waals surface area contributed by atoms with Crippen LogP contribution in [0.1, 0.15) is 31.9 Å². The molecule has 124 valence electrons. The van der Waals surface area contributed by atoms with Gasteiger partial charge in [-0.15, -0.1) is 0 Å². The lowest BCUT2D eigenvalue weighted by Gasteiger charge is -2.32. The molecular formula is C19H32N2O. The molecule has 0 unspecified atom stereocenters. The average Bonchev–Trinajstić information content (AvgIpc) is 2.55. The first-order valence-corrected chi connectivity index (χ1v) is 8.80. The third-order valence-electron chi connectivity index (χ3n) is 4.61. The van der Waals surface area contributed by atoms with Crippen molar-refractivity contribution in [3.8, 4) is 0 Å². The maximum atomic E-state index is 5.44. The highest BCUT2D eigenvalue weighted by molar-refractivity contribution is 5.22. The van der Waals surface area contributed by atoms with Crippen LogP contribution in [0, 0.1) is 5.92 Å². The Kier molecular flexibility index (Phi) is 7.37. The molecule has 0 saturated carbocycles. The van der Waals surface area contributed by atoms with Crippen LogP contribution in [0.5, 0.6) is 0 Å². The summed E-state index contributed by atoms with van der Waals surface area (Å²) in [4.78, 5) is 2.53. The minimum Gasteiger partial charge on any atom is -0.379 e. The fourth-order valence-corrected chi connectivity index (χ4v) is 2.92. The van der Waals surface area contributed by atoms with E-state index in [0.717, 1.165) is 52.2 Å². The van der Waals surface area contributed by atoms with Crippen LogP contribution in [-0.2, 0) is 17.6 Å². The van der Waals surface area contributed by atoms with Gasteiger partial charge in [-0.25, -0.2) is 0 Å². The van der Waals surface area contributed by atoms with Gasteiger partial charge in [0.25, 0.3) is 0 Å². The van der Waals surface area contributed by atoms with Gasteiger partial charge in [0.05, 0.1) is 13.2 Å².